The van der Waals surface area contributed by atoms with Gasteiger partial charge in [0, 0.05) is 30.7 Å². The third-order valence-electron chi connectivity index (χ3n) is 13.1. The molecule has 1 N–H and O–H groups in total. The van der Waals surface area contributed by atoms with E-state index in [0.29, 0.717) is 6.61 Å². The number of hydrogen-bond donors (Lipinski definition) is 1. The normalized spacial score (nSPS) is 21.5. The Balaban J connectivity index is 0.000000154. The zero-order valence-electron chi connectivity index (χ0n) is 37.7. The van der Waals surface area contributed by atoms with Gasteiger partial charge in [0.2, 0.25) is 11.8 Å². The van der Waals surface area contributed by atoms with Crippen molar-refractivity contribution >= 4 is 11.8 Å². The molecule has 3 saturated heterocycles. The quantitative estimate of drug-likeness (QED) is 0.149. The first kappa shape index (κ1) is 45.0. The van der Waals surface area contributed by atoms with E-state index in [9.17, 15) is 14.7 Å². The number of fused-ring (bicyclic) bond motifs is 1. The Hall–Kier alpha value is -6.60. The molecule has 7 aromatic carbocycles. The molecule has 3 heterocycles. The highest BCUT2D eigenvalue weighted by atomic mass is 16.5. The molecule has 65 heavy (non-hydrogen) atoms. The Bertz CT molecular complexity index is 2530. The molecule has 2 amide bonds. The largest absolute Gasteiger partial charge is 0.394 e. The molecule has 6 atom stereocenters. The number of aryl methyl sites for hydroxylation is 1. The minimum Gasteiger partial charge on any atom is -0.394 e. The number of aliphatic hydroxyl groups is 1. The molecule has 0 radical (unpaired) electrons. The molecule has 0 aliphatic carbocycles. The Morgan fingerprint density at radius 3 is 1.57 bits per heavy atom. The second-order valence-electron chi connectivity index (χ2n) is 17.8. The number of nitrogens with zero attached hydrogens (tertiary/aromatic N) is 2. The lowest BCUT2D eigenvalue weighted by Gasteiger charge is -2.33. The standard InChI is InChI=1S/C26H25NO2.C26H27NO2.C7H8/c1-19-16-26(17-20-12-14-22(15-13-20)21-8-4-2-5-9-21)27(25(19)28)24(18-29-26)23-10-6-3-7-11-23;1-19-16-24(27(26(19)29)25(18-28)23-10-6-3-7-11-23)17-20-12-14-22(15-13-20)21-8-4-2-5-9-21;1-7-5-3-2-4-6-7/h2-15,19,24H,16-18H2,1H3;2-15,19,24-25,28H,16-18H2,1H3;2-6H,1H3/t19-,24+,26-;19-,24+,25+;/m11./s1. The topological polar surface area (TPSA) is 70.1 Å². The van der Waals surface area contributed by atoms with Crippen LogP contribution in [0.5, 0.6) is 0 Å². The monoisotopic (exact) mass is 860 g/mol. The van der Waals surface area contributed by atoms with Crippen molar-refractivity contribution in [1.82, 2.24) is 9.80 Å². The first-order chi connectivity index (χ1) is 31.7. The van der Waals surface area contributed by atoms with Gasteiger partial charge < -0.3 is 19.6 Å². The predicted molar refractivity (Wildman–Crippen MR) is 262 cm³/mol. The van der Waals surface area contributed by atoms with Crippen molar-refractivity contribution in [1.29, 1.82) is 0 Å². The number of benzene rings is 7. The molecule has 3 aliphatic heterocycles. The fourth-order valence-electron chi connectivity index (χ4n) is 9.82. The van der Waals surface area contributed by atoms with E-state index in [-0.39, 0.29) is 48.4 Å². The van der Waals surface area contributed by atoms with Gasteiger partial charge in [-0.05, 0) is 64.3 Å². The lowest BCUT2D eigenvalue weighted by Crippen LogP contribution is -2.44. The molecule has 7 aromatic rings. The van der Waals surface area contributed by atoms with Crippen molar-refractivity contribution in [3.63, 3.8) is 0 Å². The summed E-state index contributed by atoms with van der Waals surface area (Å²) in [4.78, 5) is 29.9. The van der Waals surface area contributed by atoms with Crippen LogP contribution in [0, 0.1) is 18.8 Å². The van der Waals surface area contributed by atoms with Gasteiger partial charge >= 0.3 is 0 Å². The summed E-state index contributed by atoms with van der Waals surface area (Å²) in [6, 6.07) is 68.2. The molecule has 3 aliphatic rings. The number of aliphatic hydroxyl groups excluding tert-OH is 1. The predicted octanol–water partition coefficient (Wildman–Crippen LogP) is 12.1. The van der Waals surface area contributed by atoms with Crippen LogP contribution >= 0.6 is 0 Å². The fourth-order valence-corrected chi connectivity index (χ4v) is 9.82. The highest BCUT2D eigenvalue weighted by Gasteiger charge is 2.57. The summed E-state index contributed by atoms with van der Waals surface area (Å²) >= 11 is 0. The van der Waals surface area contributed by atoms with Crippen molar-refractivity contribution in [3.05, 3.63) is 228 Å². The maximum Gasteiger partial charge on any atom is 0.228 e. The van der Waals surface area contributed by atoms with E-state index in [1.807, 2.05) is 115 Å². The van der Waals surface area contributed by atoms with E-state index in [4.69, 9.17) is 4.74 Å². The van der Waals surface area contributed by atoms with Crippen molar-refractivity contribution in [2.24, 2.45) is 11.8 Å². The molecule has 0 bridgehead atoms. The zero-order valence-corrected chi connectivity index (χ0v) is 37.7. The molecule has 330 valence electrons. The third-order valence-corrected chi connectivity index (χ3v) is 13.1. The molecule has 6 heteroatoms. The smallest absolute Gasteiger partial charge is 0.228 e. The van der Waals surface area contributed by atoms with E-state index < -0.39 is 5.72 Å². The second-order valence-corrected chi connectivity index (χ2v) is 17.8. The Morgan fingerprint density at radius 1 is 0.585 bits per heavy atom. The third kappa shape index (κ3) is 10.5. The van der Waals surface area contributed by atoms with Crippen LogP contribution in [0.4, 0.5) is 0 Å². The van der Waals surface area contributed by atoms with Crippen molar-refractivity contribution in [2.45, 2.75) is 70.3 Å². The summed E-state index contributed by atoms with van der Waals surface area (Å²) in [6.45, 7) is 6.59. The second kappa shape index (κ2) is 20.9. The van der Waals surface area contributed by atoms with Gasteiger partial charge in [-0.25, -0.2) is 0 Å². The number of carbonyl (C=O) groups is 2. The zero-order chi connectivity index (χ0) is 45.2. The van der Waals surface area contributed by atoms with Gasteiger partial charge in [0.05, 0.1) is 25.3 Å². The Kier molecular flexibility index (Phi) is 14.5. The van der Waals surface area contributed by atoms with Gasteiger partial charge in [0.15, 0.2) is 0 Å². The molecule has 0 spiro atoms. The summed E-state index contributed by atoms with van der Waals surface area (Å²) < 4.78 is 6.40. The van der Waals surface area contributed by atoms with Crippen LogP contribution in [0.1, 0.15) is 66.6 Å². The molecule has 10 rings (SSSR count). The maximum atomic E-state index is 13.1. The number of likely N-dealkylation sites (tertiary alicyclic amines) is 1. The van der Waals surface area contributed by atoms with Crippen LogP contribution < -0.4 is 0 Å². The summed E-state index contributed by atoms with van der Waals surface area (Å²) in [6.07, 6.45) is 3.09. The first-order valence-corrected chi connectivity index (χ1v) is 23.0. The molecule has 0 saturated carbocycles. The van der Waals surface area contributed by atoms with E-state index in [2.05, 4.69) is 116 Å². The van der Waals surface area contributed by atoms with Crippen LogP contribution in [0.25, 0.3) is 22.3 Å². The maximum absolute atomic E-state index is 13.1. The summed E-state index contributed by atoms with van der Waals surface area (Å²) in [5, 5.41) is 10.1. The van der Waals surface area contributed by atoms with Crippen LogP contribution in [0.15, 0.2) is 200 Å². The molecular weight excluding hydrogens is 801 g/mol. The van der Waals surface area contributed by atoms with Crippen LogP contribution in [0.3, 0.4) is 0 Å². The molecule has 3 fully saturated rings. The summed E-state index contributed by atoms with van der Waals surface area (Å²) in [5.74, 6) is 0.322. The number of hydrogen-bond acceptors (Lipinski definition) is 4. The van der Waals surface area contributed by atoms with Crippen molar-refractivity contribution in [2.75, 3.05) is 13.2 Å². The van der Waals surface area contributed by atoms with E-state index >= 15 is 0 Å². The van der Waals surface area contributed by atoms with Gasteiger partial charge in [-0.1, -0.05) is 220 Å². The van der Waals surface area contributed by atoms with E-state index in [1.165, 1.54) is 38.9 Å². The average molecular weight is 861 g/mol. The fraction of sp³-hybridized carbons (Fsp3) is 0.254. The van der Waals surface area contributed by atoms with Gasteiger partial charge in [0.1, 0.15) is 5.72 Å². The summed E-state index contributed by atoms with van der Waals surface area (Å²) in [5.41, 5.74) is 10.1. The summed E-state index contributed by atoms with van der Waals surface area (Å²) in [7, 11) is 0. The molecule has 0 unspecified atom stereocenters. The van der Waals surface area contributed by atoms with Crippen LogP contribution in [-0.4, -0.2) is 51.7 Å². The highest BCUT2D eigenvalue weighted by Crippen LogP contribution is 2.48. The van der Waals surface area contributed by atoms with Gasteiger partial charge in [-0.2, -0.15) is 0 Å². The number of rotatable bonds is 10. The van der Waals surface area contributed by atoms with E-state index in [1.54, 1.807) is 0 Å². The Labute approximate surface area is 385 Å². The number of ether oxygens (including phenoxy) is 1. The average Bonchev–Trinajstić information content (AvgIpc) is 3.94. The number of carbonyl (C=O) groups excluding carboxylic acids is 2. The minimum absolute atomic E-state index is 0.00255. The number of amides is 2. The van der Waals surface area contributed by atoms with Crippen LogP contribution in [0.2, 0.25) is 0 Å². The van der Waals surface area contributed by atoms with E-state index in [0.717, 1.165) is 36.8 Å². The van der Waals surface area contributed by atoms with Gasteiger partial charge in [-0.3, -0.25) is 9.59 Å². The first-order valence-electron chi connectivity index (χ1n) is 23.0. The minimum atomic E-state index is -0.536. The van der Waals surface area contributed by atoms with Gasteiger partial charge in [-0.15, -0.1) is 0 Å². The lowest BCUT2D eigenvalue weighted by atomic mass is 9.95. The molecule has 6 nitrogen and oxygen atoms in total. The van der Waals surface area contributed by atoms with Gasteiger partial charge in [0.25, 0.3) is 0 Å². The SMILES string of the molecule is C[C@@H]1C[C@@H](Cc2ccc(-c3ccccc3)cc2)N([C@@H](CO)c2ccccc2)C1=O.C[C@@H]1C[C@]2(Cc3ccc(-c4ccccc4)cc3)OC[C@@H](c3ccccc3)N2C1=O.Cc1ccccc1. The molecule has 0 aromatic heterocycles. The van der Waals surface area contributed by atoms with Crippen molar-refractivity contribution < 1.29 is 19.4 Å². The highest BCUT2D eigenvalue weighted by molar-refractivity contribution is 5.83. The van der Waals surface area contributed by atoms with Crippen molar-refractivity contribution in [3.8, 4) is 22.3 Å². The lowest BCUT2D eigenvalue weighted by molar-refractivity contribution is -0.140. The van der Waals surface area contributed by atoms with Crippen LogP contribution in [-0.2, 0) is 27.2 Å². The Morgan fingerprint density at radius 2 is 1.06 bits per heavy atom. The molecular formula is C59H60N2O4.